The van der Waals surface area contributed by atoms with E-state index in [2.05, 4.69) is 15.2 Å². The monoisotopic (exact) mass is 631 g/mol. The zero-order chi connectivity index (χ0) is 31.1. The molecule has 0 spiro atoms. The molecule has 2 aliphatic rings. The Hall–Kier alpha value is -3.52. The van der Waals surface area contributed by atoms with E-state index in [9.17, 15) is 13.2 Å². The van der Waals surface area contributed by atoms with Crippen molar-refractivity contribution in [2.75, 3.05) is 40.5 Å². The molecule has 0 saturated carbocycles. The molecule has 0 unspecified atom stereocenters. The molecule has 2 fully saturated rings. The third-order valence-corrected chi connectivity index (χ3v) is 10.3. The molecule has 43 heavy (non-hydrogen) atoms. The van der Waals surface area contributed by atoms with Crippen LogP contribution in [0, 0.1) is 5.82 Å². The van der Waals surface area contributed by atoms with Crippen molar-refractivity contribution in [2.24, 2.45) is 0 Å². The van der Waals surface area contributed by atoms with Gasteiger partial charge < -0.3 is 25.6 Å². The molecule has 1 amide bonds. The van der Waals surface area contributed by atoms with Gasteiger partial charge in [0, 0.05) is 43.0 Å². The molecule has 3 aromatic rings. The van der Waals surface area contributed by atoms with E-state index in [1.54, 1.807) is 29.3 Å². The Labute approximate surface area is 255 Å². The lowest BCUT2D eigenvalue weighted by atomic mass is 10.1. The second-order valence-corrected chi connectivity index (χ2v) is 15.5. The molecule has 1 aromatic carbocycles. The Bertz CT molecular complexity index is 1580. The van der Waals surface area contributed by atoms with Gasteiger partial charge in [-0.2, -0.15) is 0 Å². The van der Waals surface area contributed by atoms with Crippen LogP contribution in [-0.4, -0.2) is 82.7 Å². The number of halogens is 1. The van der Waals surface area contributed by atoms with Gasteiger partial charge in [0.05, 0.1) is 33.5 Å². The number of ether oxygens (including phenoxy) is 1. The van der Waals surface area contributed by atoms with Crippen LogP contribution in [0.4, 0.5) is 26.0 Å². The summed E-state index contributed by atoms with van der Waals surface area (Å²) in [6.45, 7) is 10.4. The van der Waals surface area contributed by atoms with Crippen molar-refractivity contribution in [3.63, 3.8) is 0 Å². The number of thiazole rings is 1. The summed E-state index contributed by atoms with van der Waals surface area (Å²) in [7, 11) is -3.00. The molecule has 0 aliphatic carbocycles. The van der Waals surface area contributed by atoms with Crippen LogP contribution >= 0.6 is 11.3 Å². The molecule has 4 heterocycles. The average Bonchev–Trinajstić information content (AvgIpc) is 3.35. The summed E-state index contributed by atoms with van der Waals surface area (Å²) >= 11 is 1.39. The molecule has 5 rings (SSSR count). The quantitative estimate of drug-likeness (QED) is 0.377. The number of aromatic nitrogens is 3. The van der Waals surface area contributed by atoms with Crippen LogP contribution < -0.4 is 16.0 Å². The fourth-order valence-corrected chi connectivity index (χ4v) is 8.20. The summed E-state index contributed by atoms with van der Waals surface area (Å²) in [5.41, 5.74) is 6.58. The maximum atomic E-state index is 15.4. The van der Waals surface area contributed by atoms with Crippen molar-refractivity contribution < 1.29 is 22.3 Å². The summed E-state index contributed by atoms with van der Waals surface area (Å²) in [6, 6.07) is 6.32. The third kappa shape index (κ3) is 7.01. The van der Waals surface area contributed by atoms with Crippen LogP contribution in [0.5, 0.6) is 0 Å². The highest BCUT2D eigenvalue weighted by Crippen LogP contribution is 2.43. The minimum absolute atomic E-state index is 0.0167. The van der Waals surface area contributed by atoms with E-state index >= 15 is 4.39 Å². The maximum Gasteiger partial charge on any atom is 0.410 e. The van der Waals surface area contributed by atoms with Crippen LogP contribution in [-0.2, 0) is 14.6 Å². The number of hydrogen-bond acceptors (Lipinski definition) is 11. The van der Waals surface area contributed by atoms with Crippen molar-refractivity contribution in [1.82, 2.24) is 19.9 Å². The Balaban J connectivity index is 1.48. The third-order valence-electron chi connectivity index (χ3n) is 7.47. The van der Waals surface area contributed by atoms with E-state index in [-0.39, 0.29) is 47.0 Å². The SMILES string of the molecule is C[C@H]1CN(C(=O)OC(C)(C)C)C[C@H](C)N1c1nc(-c2cccc(N)c2F)c(-c2ccnc(NC3CCS(=O)(=O)CC3)n2)s1. The molecule has 14 heteroatoms. The second kappa shape index (κ2) is 11.9. The first-order valence-corrected chi connectivity index (χ1v) is 17.0. The number of nitrogens with one attached hydrogen (secondary N) is 1. The van der Waals surface area contributed by atoms with Gasteiger partial charge in [-0.05, 0) is 65.7 Å². The number of nitrogens with two attached hydrogens (primary N) is 1. The van der Waals surface area contributed by atoms with Gasteiger partial charge in [-0.25, -0.2) is 32.6 Å². The normalized spacial score (nSPS) is 21.1. The van der Waals surface area contributed by atoms with Crippen molar-refractivity contribution in [3.8, 4) is 21.8 Å². The second-order valence-electron chi connectivity index (χ2n) is 12.2. The first-order chi connectivity index (χ1) is 20.2. The van der Waals surface area contributed by atoms with Gasteiger partial charge in [0.15, 0.2) is 10.9 Å². The molecular formula is C29H38FN7O4S2. The van der Waals surface area contributed by atoms with Gasteiger partial charge in [-0.3, -0.25) is 0 Å². The molecule has 2 aliphatic heterocycles. The standard InChI is InChI=1S/C29H38FN7O4S2/c1-17-15-36(28(38)41-29(3,4)5)16-18(2)37(17)27-35-24(20-7-6-8-21(31)23(20)30)25(42-27)22-9-12-32-26(34-22)33-19-10-13-43(39,40)14-11-19/h6-9,12,17-19H,10-11,13-16,31H2,1-5H3,(H,32,33,34)/t17-,18-/m0/s1. The number of nitrogen functional groups attached to an aromatic ring is 1. The molecule has 3 N–H and O–H groups in total. The Morgan fingerprint density at radius 3 is 2.44 bits per heavy atom. The van der Waals surface area contributed by atoms with Crippen LogP contribution in [0.3, 0.4) is 0 Å². The number of rotatable bonds is 5. The number of carbonyl (C=O) groups excluding carboxylic acids is 1. The number of carbonyl (C=O) groups is 1. The van der Waals surface area contributed by atoms with E-state index in [0.29, 0.717) is 53.3 Å². The highest BCUT2D eigenvalue weighted by atomic mass is 32.2. The van der Waals surface area contributed by atoms with E-state index in [1.807, 2.05) is 34.6 Å². The van der Waals surface area contributed by atoms with Gasteiger partial charge in [0.2, 0.25) is 5.95 Å². The summed E-state index contributed by atoms with van der Waals surface area (Å²) in [4.78, 5) is 31.4. The molecule has 11 nitrogen and oxygen atoms in total. The number of benzene rings is 1. The lowest BCUT2D eigenvalue weighted by Gasteiger charge is -2.44. The topological polar surface area (TPSA) is 144 Å². The Kier molecular flexibility index (Phi) is 8.54. The maximum absolute atomic E-state index is 15.4. The number of piperazine rings is 1. The number of hydrogen-bond donors (Lipinski definition) is 2. The van der Waals surface area contributed by atoms with Gasteiger partial charge in [0.1, 0.15) is 15.4 Å². The lowest BCUT2D eigenvalue weighted by Crippen LogP contribution is -2.58. The molecule has 0 radical (unpaired) electrons. The number of sulfone groups is 1. The Morgan fingerprint density at radius 1 is 1.12 bits per heavy atom. The smallest absolute Gasteiger partial charge is 0.410 e. The van der Waals surface area contributed by atoms with Crippen LogP contribution in [0.25, 0.3) is 21.8 Å². The molecule has 2 aromatic heterocycles. The number of anilines is 3. The highest BCUT2D eigenvalue weighted by Gasteiger charge is 2.36. The van der Waals surface area contributed by atoms with Crippen LogP contribution in [0.1, 0.15) is 47.5 Å². The van der Waals surface area contributed by atoms with Crippen LogP contribution in [0.2, 0.25) is 0 Å². The largest absolute Gasteiger partial charge is 0.444 e. The lowest BCUT2D eigenvalue weighted by molar-refractivity contribution is 0.0193. The van der Waals surface area contributed by atoms with Crippen molar-refractivity contribution >= 4 is 44.0 Å². The first-order valence-electron chi connectivity index (χ1n) is 14.3. The average molecular weight is 632 g/mol. The van der Waals surface area contributed by atoms with E-state index < -0.39 is 21.3 Å². The van der Waals surface area contributed by atoms with Gasteiger partial charge in [0.25, 0.3) is 0 Å². The summed E-state index contributed by atoms with van der Waals surface area (Å²) in [6.07, 6.45) is 2.22. The molecule has 0 bridgehead atoms. The first kappa shape index (κ1) is 30.9. The summed E-state index contributed by atoms with van der Waals surface area (Å²) in [5.74, 6) is 0.0496. The van der Waals surface area contributed by atoms with Gasteiger partial charge >= 0.3 is 6.09 Å². The van der Waals surface area contributed by atoms with E-state index in [0.717, 1.165) is 0 Å². The predicted molar refractivity (Wildman–Crippen MR) is 167 cm³/mol. The fraction of sp³-hybridized carbons (Fsp3) is 0.517. The summed E-state index contributed by atoms with van der Waals surface area (Å²) in [5, 5.41) is 3.94. The Morgan fingerprint density at radius 2 is 1.79 bits per heavy atom. The van der Waals surface area contributed by atoms with Crippen molar-refractivity contribution in [1.29, 1.82) is 0 Å². The molecule has 2 atom stereocenters. The predicted octanol–water partition coefficient (Wildman–Crippen LogP) is 4.81. The number of nitrogens with zero attached hydrogens (tertiary/aromatic N) is 5. The van der Waals surface area contributed by atoms with E-state index in [4.69, 9.17) is 20.4 Å². The van der Waals surface area contributed by atoms with E-state index in [1.165, 1.54) is 17.4 Å². The zero-order valence-corrected chi connectivity index (χ0v) is 26.6. The van der Waals surface area contributed by atoms with Gasteiger partial charge in [-0.15, -0.1) is 0 Å². The highest BCUT2D eigenvalue weighted by molar-refractivity contribution is 7.91. The molecule has 2 saturated heterocycles. The minimum Gasteiger partial charge on any atom is -0.444 e. The van der Waals surface area contributed by atoms with Crippen molar-refractivity contribution in [2.45, 2.75) is 71.2 Å². The zero-order valence-electron chi connectivity index (χ0n) is 25.0. The number of amides is 1. The van der Waals surface area contributed by atoms with Crippen molar-refractivity contribution in [3.05, 3.63) is 36.3 Å². The molecular weight excluding hydrogens is 593 g/mol. The summed E-state index contributed by atoms with van der Waals surface area (Å²) < 4.78 is 44.7. The van der Waals surface area contributed by atoms with Gasteiger partial charge in [-0.1, -0.05) is 17.4 Å². The van der Waals surface area contributed by atoms with Crippen LogP contribution in [0.15, 0.2) is 30.5 Å². The molecule has 232 valence electrons. The minimum atomic E-state index is -3.00. The fourth-order valence-electron chi connectivity index (χ4n) is 5.46.